The van der Waals surface area contributed by atoms with E-state index < -0.39 is 0 Å². The third kappa shape index (κ3) is 5.84. The monoisotopic (exact) mass is 378 g/mol. The summed E-state index contributed by atoms with van der Waals surface area (Å²) in [7, 11) is 0. The number of ether oxygens (including phenoxy) is 1. The second-order valence-corrected chi connectivity index (χ2v) is 6.28. The lowest BCUT2D eigenvalue weighted by Gasteiger charge is -2.12. The van der Waals surface area contributed by atoms with E-state index in [1.807, 2.05) is 60.3 Å². The molecule has 0 aliphatic carbocycles. The Hall–Kier alpha value is -3.35. The number of hydrogen-bond donors (Lipinski definition) is 2. The SMILES string of the molecule is CCNC(=NCc1ccc(-n2ccnc2)nc1)NCCOc1ccc(C)cc1. The molecule has 0 unspecified atom stereocenters. The maximum Gasteiger partial charge on any atom is 0.191 e. The second-order valence-electron chi connectivity index (χ2n) is 6.28. The first-order chi connectivity index (χ1) is 13.7. The van der Waals surface area contributed by atoms with E-state index in [1.165, 1.54) is 5.56 Å². The lowest BCUT2D eigenvalue weighted by atomic mass is 10.2. The predicted octanol–water partition coefficient (Wildman–Crippen LogP) is 2.71. The van der Waals surface area contributed by atoms with Gasteiger partial charge in [0.15, 0.2) is 5.96 Å². The molecule has 2 aromatic heterocycles. The molecule has 28 heavy (non-hydrogen) atoms. The average Bonchev–Trinajstić information content (AvgIpc) is 3.26. The number of hydrogen-bond acceptors (Lipinski definition) is 4. The van der Waals surface area contributed by atoms with Gasteiger partial charge >= 0.3 is 0 Å². The van der Waals surface area contributed by atoms with E-state index in [-0.39, 0.29) is 0 Å². The van der Waals surface area contributed by atoms with Crippen molar-refractivity contribution in [1.29, 1.82) is 0 Å². The number of benzene rings is 1. The first-order valence-corrected chi connectivity index (χ1v) is 9.39. The fourth-order valence-corrected chi connectivity index (χ4v) is 2.54. The molecule has 146 valence electrons. The molecule has 7 nitrogen and oxygen atoms in total. The van der Waals surface area contributed by atoms with Crippen molar-refractivity contribution >= 4 is 5.96 Å². The van der Waals surface area contributed by atoms with Crippen molar-refractivity contribution in [3.63, 3.8) is 0 Å². The maximum absolute atomic E-state index is 5.74. The highest BCUT2D eigenvalue weighted by molar-refractivity contribution is 5.79. The highest BCUT2D eigenvalue weighted by Crippen LogP contribution is 2.10. The number of aryl methyl sites for hydroxylation is 1. The minimum absolute atomic E-state index is 0.547. The maximum atomic E-state index is 5.74. The van der Waals surface area contributed by atoms with Crippen molar-refractivity contribution in [2.24, 2.45) is 4.99 Å². The van der Waals surface area contributed by atoms with E-state index >= 15 is 0 Å². The summed E-state index contributed by atoms with van der Waals surface area (Å²) in [5.74, 6) is 2.47. The summed E-state index contributed by atoms with van der Waals surface area (Å²) in [5, 5.41) is 6.53. The highest BCUT2D eigenvalue weighted by atomic mass is 16.5. The third-order valence-electron chi connectivity index (χ3n) is 4.03. The molecule has 0 bridgehead atoms. The van der Waals surface area contributed by atoms with Gasteiger partial charge in [-0.15, -0.1) is 0 Å². The number of aromatic nitrogens is 3. The van der Waals surface area contributed by atoms with Crippen molar-refractivity contribution in [2.45, 2.75) is 20.4 Å². The van der Waals surface area contributed by atoms with Gasteiger partial charge < -0.3 is 15.4 Å². The molecule has 0 atom stereocenters. The van der Waals surface area contributed by atoms with Gasteiger partial charge in [-0.1, -0.05) is 23.8 Å². The van der Waals surface area contributed by atoms with Crippen LogP contribution in [0.5, 0.6) is 5.75 Å². The highest BCUT2D eigenvalue weighted by Gasteiger charge is 2.01. The summed E-state index contributed by atoms with van der Waals surface area (Å²) < 4.78 is 7.61. The minimum atomic E-state index is 0.547. The zero-order chi connectivity index (χ0) is 19.6. The molecule has 2 N–H and O–H groups in total. The van der Waals surface area contributed by atoms with Gasteiger partial charge in [-0.05, 0) is 37.6 Å². The number of rotatable bonds is 8. The number of nitrogens with one attached hydrogen (secondary N) is 2. The smallest absolute Gasteiger partial charge is 0.191 e. The summed E-state index contributed by atoms with van der Waals surface area (Å²) in [5.41, 5.74) is 2.26. The number of aliphatic imine (C=N–C) groups is 1. The fourth-order valence-electron chi connectivity index (χ4n) is 2.54. The van der Waals surface area contributed by atoms with Crippen molar-refractivity contribution in [3.8, 4) is 11.6 Å². The van der Waals surface area contributed by atoms with Crippen molar-refractivity contribution in [2.75, 3.05) is 19.7 Å². The van der Waals surface area contributed by atoms with Crippen LogP contribution < -0.4 is 15.4 Å². The number of nitrogens with zero attached hydrogens (tertiary/aromatic N) is 4. The number of guanidine groups is 1. The lowest BCUT2D eigenvalue weighted by Crippen LogP contribution is -2.39. The predicted molar refractivity (Wildman–Crippen MR) is 111 cm³/mol. The van der Waals surface area contributed by atoms with Crippen LogP contribution in [-0.2, 0) is 6.54 Å². The molecule has 0 aliphatic heterocycles. The van der Waals surface area contributed by atoms with Gasteiger partial charge in [0.1, 0.15) is 24.5 Å². The van der Waals surface area contributed by atoms with Crippen LogP contribution in [0.1, 0.15) is 18.1 Å². The summed E-state index contributed by atoms with van der Waals surface area (Å²) in [6, 6.07) is 12.0. The Balaban J connectivity index is 1.48. The zero-order valence-electron chi connectivity index (χ0n) is 16.3. The molecule has 0 radical (unpaired) electrons. The Kier molecular flexibility index (Phi) is 7.01. The van der Waals surface area contributed by atoms with E-state index in [2.05, 4.69) is 32.5 Å². The van der Waals surface area contributed by atoms with Crippen LogP contribution in [0.4, 0.5) is 0 Å². The molecule has 1 aromatic carbocycles. The Labute approximate surface area is 165 Å². The Morgan fingerprint density at radius 3 is 2.68 bits per heavy atom. The van der Waals surface area contributed by atoms with Crippen LogP contribution >= 0.6 is 0 Å². The summed E-state index contributed by atoms with van der Waals surface area (Å²) in [6.07, 6.45) is 7.16. The van der Waals surface area contributed by atoms with E-state index in [9.17, 15) is 0 Å². The van der Waals surface area contributed by atoms with Crippen LogP contribution in [0.3, 0.4) is 0 Å². The minimum Gasteiger partial charge on any atom is -0.492 e. The quantitative estimate of drug-likeness (QED) is 0.358. The molecular weight excluding hydrogens is 352 g/mol. The fraction of sp³-hybridized carbons (Fsp3) is 0.286. The normalized spacial score (nSPS) is 11.3. The Bertz CT molecular complexity index is 857. The molecule has 0 saturated carbocycles. The molecule has 0 aliphatic rings. The van der Waals surface area contributed by atoms with Crippen molar-refractivity contribution in [3.05, 3.63) is 72.4 Å². The van der Waals surface area contributed by atoms with Gasteiger partial charge in [0.05, 0.1) is 13.1 Å². The molecule has 0 fully saturated rings. The van der Waals surface area contributed by atoms with E-state index in [4.69, 9.17) is 4.74 Å². The number of pyridine rings is 1. The zero-order valence-corrected chi connectivity index (χ0v) is 16.3. The molecule has 3 rings (SSSR count). The first kappa shape index (κ1) is 19.4. The topological polar surface area (TPSA) is 76.4 Å². The van der Waals surface area contributed by atoms with Crippen LogP contribution in [0.25, 0.3) is 5.82 Å². The van der Waals surface area contributed by atoms with Gasteiger partial charge in [0.25, 0.3) is 0 Å². The molecule has 3 aromatic rings. The molecule has 2 heterocycles. The Morgan fingerprint density at radius 1 is 1.14 bits per heavy atom. The van der Waals surface area contributed by atoms with Crippen molar-refractivity contribution in [1.82, 2.24) is 25.2 Å². The lowest BCUT2D eigenvalue weighted by molar-refractivity contribution is 0.322. The van der Waals surface area contributed by atoms with Crippen molar-refractivity contribution < 1.29 is 4.74 Å². The van der Waals surface area contributed by atoms with E-state index in [1.54, 1.807) is 12.5 Å². The van der Waals surface area contributed by atoms with Crippen LogP contribution in [0, 0.1) is 6.92 Å². The van der Waals surface area contributed by atoms with Gasteiger partial charge in [-0.25, -0.2) is 15.0 Å². The molecule has 0 spiro atoms. The molecule has 7 heteroatoms. The van der Waals surface area contributed by atoms with Crippen LogP contribution in [-0.4, -0.2) is 40.2 Å². The molecule has 0 amide bonds. The number of imidazole rings is 1. The van der Waals surface area contributed by atoms with E-state index in [0.29, 0.717) is 19.7 Å². The average molecular weight is 378 g/mol. The third-order valence-corrected chi connectivity index (χ3v) is 4.03. The standard InChI is InChI=1S/C21H26N6O/c1-3-23-21(24-11-13-28-19-7-4-17(2)5-8-19)26-15-18-6-9-20(25-14-18)27-12-10-22-16-27/h4-10,12,14,16H,3,11,13,15H2,1-2H3,(H2,23,24,26). The summed E-state index contributed by atoms with van der Waals surface area (Å²) >= 11 is 0. The van der Waals surface area contributed by atoms with Gasteiger partial charge in [0, 0.05) is 25.1 Å². The summed E-state index contributed by atoms with van der Waals surface area (Å²) in [4.78, 5) is 13.1. The second kappa shape index (κ2) is 10.1. The Morgan fingerprint density at radius 2 is 2.00 bits per heavy atom. The molecule has 0 saturated heterocycles. The van der Waals surface area contributed by atoms with Gasteiger partial charge in [-0.3, -0.25) is 4.57 Å². The van der Waals surface area contributed by atoms with Gasteiger partial charge in [-0.2, -0.15) is 0 Å². The summed E-state index contributed by atoms with van der Waals surface area (Å²) in [6.45, 7) is 6.67. The van der Waals surface area contributed by atoms with Crippen LogP contribution in [0.15, 0.2) is 66.3 Å². The molecular formula is C21H26N6O. The van der Waals surface area contributed by atoms with Crippen LogP contribution in [0.2, 0.25) is 0 Å². The largest absolute Gasteiger partial charge is 0.492 e. The first-order valence-electron chi connectivity index (χ1n) is 9.39. The van der Waals surface area contributed by atoms with E-state index in [0.717, 1.165) is 29.6 Å². The van der Waals surface area contributed by atoms with Gasteiger partial charge in [0.2, 0.25) is 0 Å².